The molecule has 0 spiro atoms. The average molecular weight is 537 g/mol. The Hall–Kier alpha value is -4.67. The molecule has 1 atom stereocenters. The predicted molar refractivity (Wildman–Crippen MR) is 141 cm³/mol. The molecule has 0 bridgehead atoms. The van der Waals surface area contributed by atoms with Crippen molar-refractivity contribution in [3.05, 3.63) is 67.7 Å². The van der Waals surface area contributed by atoms with Gasteiger partial charge in [0.15, 0.2) is 6.10 Å². The molecule has 2 aromatic carbocycles. The molecule has 0 radical (unpaired) electrons. The van der Waals surface area contributed by atoms with Gasteiger partial charge < -0.3 is 28.8 Å². The molecule has 39 heavy (non-hydrogen) atoms. The van der Waals surface area contributed by atoms with Crippen molar-refractivity contribution in [3.8, 4) is 28.6 Å². The lowest BCUT2D eigenvalue weighted by Crippen LogP contribution is -2.55. The predicted octanol–water partition coefficient (Wildman–Crippen LogP) is 5.45. The highest BCUT2D eigenvalue weighted by molar-refractivity contribution is 5.97. The third kappa shape index (κ3) is 5.20. The molecule has 1 aliphatic heterocycles. The van der Waals surface area contributed by atoms with Crippen molar-refractivity contribution in [2.24, 2.45) is 0 Å². The molecule has 11 heteroatoms. The van der Waals surface area contributed by atoms with Crippen LogP contribution in [0.25, 0.3) is 22.2 Å². The summed E-state index contributed by atoms with van der Waals surface area (Å²) in [6, 6.07) is 12.3. The van der Waals surface area contributed by atoms with E-state index in [0.717, 1.165) is 16.5 Å². The maximum absolute atomic E-state index is 15.2. The first-order valence-corrected chi connectivity index (χ1v) is 12.1. The first-order valence-electron chi connectivity index (χ1n) is 12.1. The van der Waals surface area contributed by atoms with E-state index in [4.69, 9.17) is 18.6 Å². The Morgan fingerprint density at radius 3 is 2.72 bits per heavy atom. The van der Waals surface area contributed by atoms with E-state index in [1.165, 1.54) is 26.6 Å². The smallest absolute Gasteiger partial charge is 0.301 e. The number of ether oxygens (including phenoxy) is 3. The molecule has 3 heterocycles. The average Bonchev–Trinajstić information content (AvgIpc) is 3.48. The number of piperidine rings is 1. The number of hydrogen-bond acceptors (Lipinski definition) is 8. The van der Waals surface area contributed by atoms with Crippen molar-refractivity contribution in [1.29, 1.82) is 0 Å². The summed E-state index contributed by atoms with van der Waals surface area (Å²) in [4.78, 5) is 21.7. The summed E-state index contributed by atoms with van der Waals surface area (Å²) in [5.41, 5.74) is 1.78. The number of likely N-dealkylation sites (tertiary alicyclic amines) is 1. The topological polar surface area (TPSA) is 99.0 Å². The second-order valence-electron chi connectivity index (χ2n) is 8.88. The van der Waals surface area contributed by atoms with E-state index < -0.39 is 24.5 Å². The van der Waals surface area contributed by atoms with E-state index >= 15 is 8.78 Å². The summed E-state index contributed by atoms with van der Waals surface area (Å²) < 4.78 is 52.7. The molecular formula is C28H26F2N4O5. The fraction of sp³-hybridized carbons (Fsp3) is 0.250. The second-order valence-corrected chi connectivity index (χ2v) is 8.88. The van der Waals surface area contributed by atoms with Gasteiger partial charge in [-0.15, -0.1) is 0 Å². The molecule has 1 aliphatic rings. The minimum absolute atomic E-state index is 0.0826. The van der Waals surface area contributed by atoms with Gasteiger partial charge in [0.1, 0.15) is 35.2 Å². The van der Waals surface area contributed by atoms with Crippen molar-refractivity contribution in [2.45, 2.75) is 18.4 Å². The van der Waals surface area contributed by atoms with Gasteiger partial charge in [-0.1, -0.05) is 6.58 Å². The number of amides is 1. The first-order chi connectivity index (χ1) is 18.8. The van der Waals surface area contributed by atoms with Crippen molar-refractivity contribution in [1.82, 2.24) is 14.9 Å². The van der Waals surface area contributed by atoms with Gasteiger partial charge in [0, 0.05) is 30.7 Å². The number of halogens is 2. The van der Waals surface area contributed by atoms with E-state index in [1.807, 2.05) is 18.2 Å². The summed E-state index contributed by atoms with van der Waals surface area (Å²) in [5.74, 6) is -1.87. The number of anilines is 2. The van der Waals surface area contributed by atoms with E-state index in [2.05, 4.69) is 21.9 Å². The minimum Gasteiger partial charge on any atom is -0.497 e. The van der Waals surface area contributed by atoms with Crippen LogP contribution in [-0.2, 0) is 4.79 Å². The second kappa shape index (κ2) is 10.6. The number of alkyl halides is 2. The third-order valence-electron chi connectivity index (χ3n) is 6.46. The Morgan fingerprint density at radius 1 is 1.18 bits per heavy atom. The fourth-order valence-electron chi connectivity index (χ4n) is 4.50. The highest BCUT2D eigenvalue weighted by Gasteiger charge is 2.47. The van der Waals surface area contributed by atoms with E-state index in [1.54, 1.807) is 24.5 Å². The number of carbonyl (C=O) groups is 1. The number of rotatable bonds is 8. The van der Waals surface area contributed by atoms with Crippen LogP contribution < -0.4 is 19.5 Å². The number of fused-ring (bicyclic) bond motifs is 1. The zero-order valence-electron chi connectivity index (χ0n) is 21.3. The van der Waals surface area contributed by atoms with Crippen LogP contribution in [0.5, 0.6) is 17.2 Å². The van der Waals surface area contributed by atoms with Crippen LogP contribution >= 0.6 is 0 Å². The Kier molecular flexibility index (Phi) is 7.05. The quantitative estimate of drug-likeness (QED) is 0.297. The van der Waals surface area contributed by atoms with Crippen molar-refractivity contribution in [2.75, 3.05) is 32.6 Å². The summed E-state index contributed by atoms with van der Waals surface area (Å²) >= 11 is 0. The van der Waals surface area contributed by atoms with Gasteiger partial charge in [-0.05, 0) is 36.4 Å². The Labute approximate surface area is 223 Å². The summed E-state index contributed by atoms with van der Waals surface area (Å²) in [6.07, 6.45) is 2.38. The molecule has 5 rings (SSSR count). The Balaban J connectivity index is 1.54. The standard InChI is InChI=1S/C28H26F2N4O5/c1-4-25(35)34-10-9-24(28(29,30)15-34)39-23-14-18(36-2)13-20-26(23)27(32-16-31-20)33-19-12-17(7-8-22(19)37-3)21-6-5-11-38-21/h4-8,11-14,16,24H,1,9-10,15H2,2-3H3,(H,31,32,33). The maximum Gasteiger partial charge on any atom is 0.301 e. The van der Waals surface area contributed by atoms with Crippen LogP contribution in [0.15, 0.2) is 72.1 Å². The van der Waals surface area contributed by atoms with Crippen LogP contribution in [0, 0.1) is 0 Å². The molecule has 0 saturated carbocycles. The molecule has 1 saturated heterocycles. The number of carbonyl (C=O) groups excluding carboxylic acids is 1. The number of furan rings is 1. The summed E-state index contributed by atoms with van der Waals surface area (Å²) in [5, 5.41) is 3.62. The van der Waals surface area contributed by atoms with Gasteiger partial charge in [-0.2, -0.15) is 0 Å². The molecule has 1 fully saturated rings. The Morgan fingerprint density at radius 2 is 2.03 bits per heavy atom. The largest absolute Gasteiger partial charge is 0.497 e. The zero-order valence-corrected chi connectivity index (χ0v) is 21.3. The lowest BCUT2D eigenvalue weighted by Gasteiger charge is -2.38. The van der Waals surface area contributed by atoms with E-state index in [0.29, 0.717) is 39.7 Å². The van der Waals surface area contributed by atoms with Gasteiger partial charge in [0.2, 0.25) is 5.91 Å². The lowest BCUT2D eigenvalue weighted by molar-refractivity contribution is -0.156. The number of aromatic nitrogens is 2. The molecule has 1 N–H and O–H groups in total. The maximum atomic E-state index is 15.2. The molecule has 202 valence electrons. The number of nitrogens with zero attached hydrogens (tertiary/aromatic N) is 3. The third-order valence-corrected chi connectivity index (χ3v) is 6.46. The minimum atomic E-state index is -3.31. The molecule has 0 aliphatic carbocycles. The monoisotopic (exact) mass is 536 g/mol. The lowest BCUT2D eigenvalue weighted by atomic mass is 10.0. The number of nitrogens with one attached hydrogen (secondary N) is 1. The van der Waals surface area contributed by atoms with Gasteiger partial charge in [-0.25, -0.2) is 18.7 Å². The Bertz CT molecular complexity index is 1510. The fourth-order valence-corrected chi connectivity index (χ4v) is 4.50. The van der Waals surface area contributed by atoms with Gasteiger partial charge >= 0.3 is 5.92 Å². The SMILES string of the molecule is C=CC(=O)N1CCC(Oc2cc(OC)cc3ncnc(Nc4cc(-c5ccco5)ccc4OC)c23)C(F)(F)C1. The summed E-state index contributed by atoms with van der Waals surface area (Å²) in [7, 11) is 3.00. The van der Waals surface area contributed by atoms with Crippen molar-refractivity contribution < 1.29 is 32.2 Å². The van der Waals surface area contributed by atoms with Crippen molar-refractivity contribution in [3.63, 3.8) is 0 Å². The highest BCUT2D eigenvalue weighted by atomic mass is 19.3. The molecular weight excluding hydrogens is 510 g/mol. The molecule has 1 amide bonds. The van der Waals surface area contributed by atoms with Crippen LogP contribution in [0.4, 0.5) is 20.3 Å². The number of methoxy groups -OCH3 is 2. The molecule has 9 nitrogen and oxygen atoms in total. The van der Waals surface area contributed by atoms with E-state index in [9.17, 15) is 4.79 Å². The van der Waals surface area contributed by atoms with Crippen molar-refractivity contribution >= 4 is 28.3 Å². The van der Waals surface area contributed by atoms with Gasteiger partial charge in [-0.3, -0.25) is 4.79 Å². The van der Waals surface area contributed by atoms with E-state index in [-0.39, 0.29) is 18.7 Å². The molecule has 1 unspecified atom stereocenters. The van der Waals surface area contributed by atoms with Crippen LogP contribution in [0.3, 0.4) is 0 Å². The van der Waals surface area contributed by atoms with Crippen LogP contribution in [0.2, 0.25) is 0 Å². The summed E-state index contributed by atoms with van der Waals surface area (Å²) in [6.45, 7) is 2.71. The number of hydrogen-bond donors (Lipinski definition) is 1. The number of benzene rings is 2. The van der Waals surface area contributed by atoms with Gasteiger partial charge in [0.25, 0.3) is 0 Å². The van der Waals surface area contributed by atoms with Crippen LogP contribution in [-0.4, -0.2) is 60.1 Å². The van der Waals surface area contributed by atoms with Crippen LogP contribution in [0.1, 0.15) is 6.42 Å². The first kappa shape index (κ1) is 26.0. The molecule has 4 aromatic rings. The normalized spacial score (nSPS) is 16.5. The zero-order chi connectivity index (χ0) is 27.6. The highest BCUT2D eigenvalue weighted by Crippen LogP contribution is 2.40. The molecule has 2 aromatic heterocycles. The van der Waals surface area contributed by atoms with Gasteiger partial charge in [0.05, 0.1) is 43.6 Å².